The predicted octanol–water partition coefficient (Wildman–Crippen LogP) is 4.81. The van der Waals surface area contributed by atoms with Crippen molar-refractivity contribution in [1.29, 1.82) is 5.26 Å². The number of likely N-dealkylation sites (N-methyl/N-ethyl adjacent to an activating group) is 1. The molecule has 1 spiro atoms. The van der Waals surface area contributed by atoms with E-state index < -0.39 is 11.8 Å². The van der Waals surface area contributed by atoms with E-state index in [1.54, 1.807) is 30.0 Å². The number of hydrogen-bond donors (Lipinski definition) is 1. The molecule has 2 aliphatic rings. The average molecular weight is 503 g/mol. The van der Waals surface area contributed by atoms with Gasteiger partial charge in [-0.15, -0.1) is 0 Å². The van der Waals surface area contributed by atoms with Crippen molar-refractivity contribution in [2.75, 3.05) is 30.4 Å². The lowest BCUT2D eigenvalue weighted by atomic mass is 9.71. The molecule has 190 valence electrons. The zero-order chi connectivity index (χ0) is 26.5. The van der Waals surface area contributed by atoms with Gasteiger partial charge in [-0.3, -0.25) is 4.79 Å². The van der Waals surface area contributed by atoms with Gasteiger partial charge in [0.15, 0.2) is 0 Å². The van der Waals surface area contributed by atoms with Crippen LogP contribution >= 0.6 is 0 Å². The van der Waals surface area contributed by atoms with Gasteiger partial charge in [-0.25, -0.2) is 18.7 Å². The van der Waals surface area contributed by atoms with Crippen molar-refractivity contribution >= 4 is 17.4 Å². The highest BCUT2D eigenvalue weighted by Gasteiger charge is 2.56. The molecule has 0 radical (unpaired) electrons. The minimum atomic E-state index is -2.63. The van der Waals surface area contributed by atoms with Crippen LogP contribution in [0.3, 0.4) is 0 Å². The number of amides is 1. The van der Waals surface area contributed by atoms with Crippen LogP contribution in [0.1, 0.15) is 58.7 Å². The number of nitrogens with zero attached hydrogens (tertiary/aromatic N) is 5. The molecule has 9 heteroatoms. The highest BCUT2D eigenvalue weighted by atomic mass is 19.3. The number of carbonyl (C=O) groups excluding carboxylic acids is 1. The van der Waals surface area contributed by atoms with Gasteiger partial charge >= 0.3 is 0 Å². The van der Waals surface area contributed by atoms with Gasteiger partial charge in [-0.2, -0.15) is 5.26 Å². The van der Waals surface area contributed by atoms with Gasteiger partial charge in [0.2, 0.25) is 5.91 Å². The van der Waals surface area contributed by atoms with E-state index in [9.17, 15) is 18.8 Å². The topological polar surface area (TPSA) is 85.1 Å². The quantitative estimate of drug-likeness (QED) is 0.539. The Labute approximate surface area is 214 Å². The van der Waals surface area contributed by atoms with Crippen molar-refractivity contribution in [1.82, 2.24) is 14.9 Å². The van der Waals surface area contributed by atoms with Crippen LogP contribution in [0.5, 0.6) is 0 Å². The number of benzene rings is 2. The Hall–Kier alpha value is -3.90. The third-order valence-corrected chi connectivity index (χ3v) is 7.37. The number of hydrogen-bond acceptors (Lipinski definition) is 6. The van der Waals surface area contributed by atoms with Crippen LogP contribution in [0.25, 0.3) is 0 Å². The summed E-state index contributed by atoms with van der Waals surface area (Å²) in [6.07, 6.45) is -2.63. The van der Waals surface area contributed by atoms with E-state index in [4.69, 9.17) is 9.97 Å². The zero-order valence-corrected chi connectivity index (χ0v) is 21.2. The van der Waals surface area contributed by atoms with E-state index in [0.29, 0.717) is 41.7 Å². The van der Waals surface area contributed by atoms with Gasteiger partial charge in [0.1, 0.15) is 17.1 Å². The molecule has 1 atom stereocenters. The number of halogens is 2. The molecule has 0 bridgehead atoms. The largest absolute Gasteiger partial charge is 0.363 e. The molecule has 1 saturated heterocycles. The number of likely N-dealkylation sites (tertiary alicyclic amines) is 1. The van der Waals surface area contributed by atoms with Crippen LogP contribution in [-0.2, 0) is 16.8 Å². The minimum absolute atomic E-state index is 0.129. The van der Waals surface area contributed by atoms with E-state index in [0.717, 1.165) is 16.7 Å². The lowest BCUT2D eigenvalue weighted by Gasteiger charge is -2.52. The summed E-state index contributed by atoms with van der Waals surface area (Å²) in [5, 5.41) is 13.0. The maximum atomic E-state index is 13.9. The van der Waals surface area contributed by atoms with Crippen LogP contribution in [0, 0.1) is 25.2 Å². The first-order valence-corrected chi connectivity index (χ1v) is 12.2. The number of anilines is 2. The second kappa shape index (κ2) is 9.20. The molecule has 37 heavy (non-hydrogen) atoms. The van der Waals surface area contributed by atoms with E-state index in [1.807, 2.05) is 37.9 Å². The SMILES string of the molecule is Cc1nc(N[C@H](C)c2cccc(C#N)c2C)c2c(n1)C1(CN(C)C1)C(=O)N(c1cccc(C(F)F)c1)C2. The number of carbonyl (C=O) groups is 1. The predicted molar refractivity (Wildman–Crippen MR) is 136 cm³/mol. The van der Waals surface area contributed by atoms with Crippen LogP contribution < -0.4 is 10.2 Å². The summed E-state index contributed by atoms with van der Waals surface area (Å²) >= 11 is 0. The van der Waals surface area contributed by atoms with Crippen molar-refractivity contribution < 1.29 is 13.6 Å². The van der Waals surface area contributed by atoms with Crippen LogP contribution in [-0.4, -0.2) is 40.9 Å². The Morgan fingerprint density at radius 1 is 1.14 bits per heavy atom. The molecule has 5 rings (SSSR count). The molecule has 0 unspecified atom stereocenters. The number of nitriles is 1. The van der Waals surface area contributed by atoms with Crippen molar-refractivity contribution in [3.8, 4) is 6.07 Å². The number of fused-ring (bicyclic) bond motifs is 2. The van der Waals surface area contributed by atoms with Crippen molar-refractivity contribution in [2.45, 2.75) is 45.2 Å². The van der Waals surface area contributed by atoms with Gasteiger partial charge in [0.25, 0.3) is 6.43 Å². The Kier molecular flexibility index (Phi) is 6.16. The van der Waals surface area contributed by atoms with Crippen molar-refractivity contribution in [2.24, 2.45) is 0 Å². The second-order valence-corrected chi connectivity index (χ2v) is 9.99. The van der Waals surface area contributed by atoms with Crippen molar-refractivity contribution in [3.05, 3.63) is 81.8 Å². The maximum Gasteiger partial charge on any atom is 0.263 e. The monoisotopic (exact) mass is 502 g/mol. The van der Waals surface area contributed by atoms with E-state index >= 15 is 0 Å². The summed E-state index contributed by atoms with van der Waals surface area (Å²) in [5.74, 6) is 1.01. The lowest BCUT2D eigenvalue weighted by molar-refractivity contribution is -0.131. The van der Waals surface area contributed by atoms with Crippen molar-refractivity contribution in [3.63, 3.8) is 0 Å². The van der Waals surface area contributed by atoms with Gasteiger partial charge in [0.05, 0.1) is 29.9 Å². The fraction of sp³-hybridized carbons (Fsp3) is 0.357. The normalized spacial score (nSPS) is 17.4. The van der Waals surface area contributed by atoms with E-state index in [-0.39, 0.29) is 24.1 Å². The molecule has 0 saturated carbocycles. The van der Waals surface area contributed by atoms with Crippen LogP contribution in [0.15, 0.2) is 42.5 Å². The Bertz CT molecular complexity index is 1430. The molecule has 3 heterocycles. The Morgan fingerprint density at radius 3 is 2.54 bits per heavy atom. The Balaban J connectivity index is 1.60. The third-order valence-electron chi connectivity index (χ3n) is 7.37. The number of aryl methyl sites for hydroxylation is 1. The third kappa shape index (κ3) is 4.11. The highest BCUT2D eigenvalue weighted by Crippen LogP contribution is 2.44. The highest BCUT2D eigenvalue weighted by molar-refractivity contribution is 6.04. The smallest absolute Gasteiger partial charge is 0.263 e. The molecule has 1 amide bonds. The zero-order valence-electron chi connectivity index (χ0n) is 21.2. The summed E-state index contributed by atoms with van der Waals surface area (Å²) in [5.41, 5.74) is 3.38. The lowest BCUT2D eigenvalue weighted by Crippen LogP contribution is -2.68. The number of alkyl halides is 2. The molecule has 1 fully saturated rings. The van der Waals surface area contributed by atoms with E-state index in [1.165, 1.54) is 12.1 Å². The molecule has 1 N–H and O–H groups in total. The first kappa shape index (κ1) is 24.8. The molecule has 2 aromatic carbocycles. The average Bonchev–Trinajstić information content (AvgIpc) is 2.85. The number of rotatable bonds is 5. The summed E-state index contributed by atoms with van der Waals surface area (Å²) in [6, 6.07) is 13.7. The molecular weight excluding hydrogens is 474 g/mol. The standard InChI is InChI=1S/C28H28F2N6O/c1-16-20(12-31)8-6-10-22(16)17(2)32-26-23-13-36(21-9-5-7-19(11-21)25(29)30)27(37)28(14-35(4)15-28)24(23)33-18(3)34-26/h5-11,17,25H,13-15H2,1-4H3,(H,32,33,34)/t17-/m1/s1. The number of nitrogens with one attached hydrogen (secondary N) is 1. The summed E-state index contributed by atoms with van der Waals surface area (Å²) in [6.45, 7) is 6.85. The van der Waals surface area contributed by atoms with Gasteiger partial charge < -0.3 is 15.1 Å². The molecule has 7 nitrogen and oxygen atoms in total. The minimum Gasteiger partial charge on any atom is -0.363 e. The summed E-state index contributed by atoms with van der Waals surface area (Å²) in [7, 11) is 1.94. The fourth-order valence-corrected chi connectivity index (χ4v) is 5.57. The van der Waals surface area contributed by atoms with Gasteiger partial charge in [-0.05, 0) is 57.1 Å². The fourth-order valence-electron chi connectivity index (χ4n) is 5.57. The molecule has 3 aromatic rings. The maximum absolute atomic E-state index is 13.9. The van der Waals surface area contributed by atoms with Gasteiger partial charge in [0, 0.05) is 29.9 Å². The molecule has 2 aliphatic heterocycles. The summed E-state index contributed by atoms with van der Waals surface area (Å²) in [4.78, 5) is 27.0. The molecule has 1 aromatic heterocycles. The Morgan fingerprint density at radius 2 is 1.86 bits per heavy atom. The van der Waals surface area contributed by atoms with Crippen LogP contribution in [0.2, 0.25) is 0 Å². The number of aromatic nitrogens is 2. The molecular formula is C28H28F2N6O. The van der Waals surface area contributed by atoms with Gasteiger partial charge in [-0.1, -0.05) is 24.3 Å². The van der Waals surface area contributed by atoms with Crippen LogP contribution in [0.4, 0.5) is 20.3 Å². The summed E-state index contributed by atoms with van der Waals surface area (Å²) < 4.78 is 26.9. The first-order valence-electron chi connectivity index (χ1n) is 12.2. The second-order valence-electron chi connectivity index (χ2n) is 9.99. The first-order chi connectivity index (χ1) is 17.6. The molecule has 0 aliphatic carbocycles. The van der Waals surface area contributed by atoms with E-state index in [2.05, 4.69) is 11.4 Å².